The second-order valence-electron chi connectivity index (χ2n) is 4.21. The van der Waals surface area contributed by atoms with Crippen molar-refractivity contribution in [1.29, 1.82) is 0 Å². The van der Waals surface area contributed by atoms with E-state index in [1.54, 1.807) is 0 Å². The van der Waals surface area contributed by atoms with Crippen LogP contribution in [-0.4, -0.2) is 15.3 Å². The SMILES string of the molecule is O=c1[nH]c(=O)c2cc3c(=O)n(CCS)c(=O)c3cc12. The molecule has 7 heteroatoms. The minimum atomic E-state index is -0.546. The van der Waals surface area contributed by atoms with Crippen molar-refractivity contribution in [2.75, 3.05) is 5.75 Å². The Morgan fingerprint density at radius 3 is 1.79 bits per heavy atom. The molecule has 0 saturated carbocycles. The highest BCUT2D eigenvalue weighted by Gasteiger charge is 2.16. The molecule has 1 N–H and O–H groups in total. The lowest BCUT2D eigenvalue weighted by Crippen LogP contribution is -2.26. The quantitative estimate of drug-likeness (QED) is 0.610. The summed E-state index contributed by atoms with van der Waals surface area (Å²) in [7, 11) is 0. The molecule has 0 unspecified atom stereocenters. The third-order valence-corrected chi connectivity index (χ3v) is 3.35. The van der Waals surface area contributed by atoms with Crippen molar-refractivity contribution in [3.8, 4) is 0 Å². The van der Waals surface area contributed by atoms with Gasteiger partial charge in [0.05, 0.1) is 21.5 Å². The van der Waals surface area contributed by atoms with Gasteiger partial charge in [0.1, 0.15) is 0 Å². The predicted molar refractivity (Wildman–Crippen MR) is 75.1 cm³/mol. The summed E-state index contributed by atoms with van der Waals surface area (Å²) < 4.78 is 1.06. The fourth-order valence-corrected chi connectivity index (χ4v) is 2.45. The number of aromatic amines is 1. The number of thiol groups is 1. The normalized spacial score (nSPS) is 11.6. The van der Waals surface area contributed by atoms with E-state index in [1.165, 1.54) is 12.1 Å². The van der Waals surface area contributed by atoms with Crippen LogP contribution in [0, 0.1) is 0 Å². The minimum absolute atomic E-state index is 0.137. The van der Waals surface area contributed by atoms with Gasteiger partial charge in [0.25, 0.3) is 22.2 Å². The number of aromatic nitrogens is 2. The number of benzene rings is 1. The molecule has 6 nitrogen and oxygen atoms in total. The maximum atomic E-state index is 12.0. The average Bonchev–Trinajstić information content (AvgIpc) is 2.79. The average molecular weight is 276 g/mol. The highest BCUT2D eigenvalue weighted by atomic mass is 32.1. The summed E-state index contributed by atoms with van der Waals surface area (Å²) >= 11 is 3.99. The molecule has 1 aromatic carbocycles. The van der Waals surface area contributed by atoms with Crippen molar-refractivity contribution < 1.29 is 0 Å². The largest absolute Gasteiger partial charge is 0.288 e. The van der Waals surface area contributed by atoms with Crippen molar-refractivity contribution in [3.05, 3.63) is 53.5 Å². The maximum absolute atomic E-state index is 12.0. The molecule has 96 valence electrons. The van der Waals surface area contributed by atoms with Crippen molar-refractivity contribution in [2.45, 2.75) is 6.54 Å². The third kappa shape index (κ3) is 1.51. The first-order valence-corrected chi connectivity index (χ1v) is 6.18. The molecule has 0 aliphatic rings. The Bertz CT molecular complexity index is 929. The summed E-state index contributed by atoms with van der Waals surface area (Å²) in [6.45, 7) is 0.195. The molecule has 0 aliphatic heterocycles. The fourth-order valence-electron chi connectivity index (χ4n) is 2.25. The number of H-pyrrole nitrogens is 1. The lowest BCUT2D eigenvalue weighted by Gasteiger charge is -1.92. The summed E-state index contributed by atoms with van der Waals surface area (Å²) in [5.41, 5.74) is -2.00. The topological polar surface area (TPSA) is 89.0 Å². The maximum Gasteiger partial charge on any atom is 0.261 e. The zero-order valence-corrected chi connectivity index (χ0v) is 10.5. The molecule has 0 bridgehead atoms. The molecule has 19 heavy (non-hydrogen) atoms. The van der Waals surface area contributed by atoms with E-state index in [0.717, 1.165) is 4.57 Å². The summed E-state index contributed by atoms with van der Waals surface area (Å²) in [5.74, 6) is 0.352. The Morgan fingerprint density at radius 1 is 0.895 bits per heavy atom. The van der Waals surface area contributed by atoms with Crippen LogP contribution in [0.4, 0.5) is 0 Å². The van der Waals surface area contributed by atoms with Crippen LogP contribution in [0.3, 0.4) is 0 Å². The zero-order chi connectivity index (χ0) is 13.7. The zero-order valence-electron chi connectivity index (χ0n) is 9.60. The van der Waals surface area contributed by atoms with E-state index < -0.39 is 22.2 Å². The molecule has 2 aromatic heterocycles. The van der Waals surface area contributed by atoms with Crippen LogP contribution in [0.15, 0.2) is 31.3 Å². The second kappa shape index (κ2) is 3.92. The van der Waals surface area contributed by atoms with Gasteiger partial charge in [-0.05, 0) is 12.1 Å². The van der Waals surface area contributed by atoms with E-state index in [-0.39, 0.29) is 28.1 Å². The Hall–Kier alpha value is -2.15. The number of hydrogen-bond donors (Lipinski definition) is 2. The first-order valence-electron chi connectivity index (χ1n) is 5.55. The van der Waals surface area contributed by atoms with Crippen LogP contribution in [-0.2, 0) is 6.54 Å². The first-order chi connectivity index (χ1) is 9.04. The molecule has 2 heterocycles. The number of nitrogens with zero attached hydrogens (tertiary/aromatic N) is 1. The molecule has 3 rings (SSSR count). The molecular weight excluding hydrogens is 268 g/mol. The van der Waals surface area contributed by atoms with Gasteiger partial charge in [0.2, 0.25) is 0 Å². The van der Waals surface area contributed by atoms with Crippen LogP contribution in [0.5, 0.6) is 0 Å². The lowest BCUT2D eigenvalue weighted by molar-refractivity contribution is 0.732. The van der Waals surface area contributed by atoms with E-state index in [0.29, 0.717) is 5.75 Å². The van der Waals surface area contributed by atoms with E-state index in [1.807, 2.05) is 0 Å². The summed E-state index contributed by atoms with van der Waals surface area (Å²) in [6.07, 6.45) is 0. The van der Waals surface area contributed by atoms with Crippen molar-refractivity contribution in [2.24, 2.45) is 0 Å². The molecule has 0 fully saturated rings. The monoisotopic (exact) mass is 276 g/mol. The molecule has 0 amide bonds. The molecule has 0 radical (unpaired) electrons. The Morgan fingerprint density at radius 2 is 1.37 bits per heavy atom. The molecule has 0 saturated heterocycles. The third-order valence-electron chi connectivity index (χ3n) is 3.15. The van der Waals surface area contributed by atoms with Gasteiger partial charge in [-0.25, -0.2) is 0 Å². The number of hydrogen-bond acceptors (Lipinski definition) is 5. The number of nitrogens with one attached hydrogen (secondary N) is 1. The van der Waals surface area contributed by atoms with Crippen LogP contribution >= 0.6 is 12.6 Å². The number of fused-ring (bicyclic) bond motifs is 2. The Balaban J connectivity index is 2.58. The standard InChI is InChI=1S/C12H8N2O4S/c15-9-5-3-7-8(4-6(5)10(16)13-9)12(18)14(1-2-19)11(7)17/h3-4,19H,1-2H2,(H,13,15,16). The Labute approximate surface area is 110 Å². The van der Waals surface area contributed by atoms with Crippen molar-refractivity contribution in [3.63, 3.8) is 0 Å². The summed E-state index contributed by atoms with van der Waals surface area (Å²) in [6, 6.07) is 2.62. The van der Waals surface area contributed by atoms with Gasteiger partial charge in [-0.1, -0.05) is 0 Å². The molecule has 0 atom stereocenters. The molecule has 0 spiro atoms. The van der Waals surface area contributed by atoms with E-state index >= 15 is 0 Å². The van der Waals surface area contributed by atoms with Gasteiger partial charge in [-0.3, -0.25) is 28.7 Å². The summed E-state index contributed by atoms with van der Waals surface area (Å²) in [5, 5.41) is 0.598. The van der Waals surface area contributed by atoms with Crippen LogP contribution in [0.1, 0.15) is 0 Å². The van der Waals surface area contributed by atoms with Crippen molar-refractivity contribution in [1.82, 2.24) is 9.55 Å². The molecule has 3 aromatic rings. The van der Waals surface area contributed by atoms with Gasteiger partial charge in [0, 0.05) is 12.3 Å². The first kappa shape index (κ1) is 11.9. The molecular formula is C12H8N2O4S. The van der Waals surface area contributed by atoms with Gasteiger partial charge in [0.15, 0.2) is 0 Å². The fraction of sp³-hybridized carbons (Fsp3) is 0.167. The van der Waals surface area contributed by atoms with E-state index in [2.05, 4.69) is 17.6 Å². The predicted octanol–water partition coefficient (Wildman–Crippen LogP) is -0.631. The van der Waals surface area contributed by atoms with E-state index in [9.17, 15) is 19.2 Å². The van der Waals surface area contributed by atoms with Crippen LogP contribution < -0.4 is 22.2 Å². The second-order valence-corrected chi connectivity index (χ2v) is 4.66. The highest BCUT2D eigenvalue weighted by molar-refractivity contribution is 7.80. The Kier molecular flexibility index (Phi) is 2.46. The molecule has 0 aliphatic carbocycles. The van der Waals surface area contributed by atoms with Crippen LogP contribution in [0.2, 0.25) is 0 Å². The lowest BCUT2D eigenvalue weighted by atomic mass is 10.1. The van der Waals surface area contributed by atoms with E-state index in [4.69, 9.17) is 0 Å². The van der Waals surface area contributed by atoms with Crippen molar-refractivity contribution >= 4 is 34.2 Å². The van der Waals surface area contributed by atoms with Gasteiger partial charge < -0.3 is 0 Å². The smallest absolute Gasteiger partial charge is 0.261 e. The van der Waals surface area contributed by atoms with Gasteiger partial charge in [-0.2, -0.15) is 12.6 Å². The van der Waals surface area contributed by atoms with Gasteiger partial charge >= 0.3 is 0 Å². The van der Waals surface area contributed by atoms with Crippen LogP contribution in [0.25, 0.3) is 21.5 Å². The minimum Gasteiger partial charge on any atom is -0.288 e. The highest BCUT2D eigenvalue weighted by Crippen LogP contribution is 2.13. The number of rotatable bonds is 2. The summed E-state index contributed by atoms with van der Waals surface area (Å²) in [4.78, 5) is 49.2. The van der Waals surface area contributed by atoms with Gasteiger partial charge in [-0.15, -0.1) is 0 Å².